The number of hydrogen-bond acceptors (Lipinski definition) is 3. The zero-order chi connectivity index (χ0) is 14.3. The summed E-state index contributed by atoms with van der Waals surface area (Å²) in [6, 6.07) is 6.48. The maximum absolute atomic E-state index is 5.76. The van der Waals surface area contributed by atoms with Crippen LogP contribution >= 0.6 is 12.6 Å². The fourth-order valence-corrected chi connectivity index (χ4v) is 2.54. The second kappa shape index (κ2) is 5.12. The fraction of sp³-hybridized carbons (Fsp3) is 0.625. The van der Waals surface area contributed by atoms with Crippen molar-refractivity contribution in [2.75, 3.05) is 13.2 Å². The molecule has 1 heterocycles. The lowest BCUT2D eigenvalue weighted by molar-refractivity contribution is -0.251. The quantitative estimate of drug-likeness (QED) is 0.779. The first-order valence-corrected chi connectivity index (χ1v) is 7.25. The van der Waals surface area contributed by atoms with Crippen LogP contribution in [0.15, 0.2) is 23.1 Å². The topological polar surface area (TPSA) is 18.5 Å². The van der Waals surface area contributed by atoms with Crippen molar-refractivity contribution < 1.29 is 9.47 Å². The molecule has 1 aromatic rings. The van der Waals surface area contributed by atoms with Crippen molar-refractivity contribution in [3.8, 4) is 0 Å². The zero-order valence-electron chi connectivity index (χ0n) is 12.5. The molecular weight excluding hydrogens is 256 g/mol. The second-order valence-electron chi connectivity index (χ2n) is 6.74. The van der Waals surface area contributed by atoms with E-state index in [1.807, 2.05) is 13.8 Å². The van der Waals surface area contributed by atoms with E-state index >= 15 is 0 Å². The number of benzene rings is 1. The molecule has 1 fully saturated rings. The summed E-state index contributed by atoms with van der Waals surface area (Å²) in [5.41, 5.74) is 2.70. The van der Waals surface area contributed by atoms with Gasteiger partial charge in [0.05, 0.1) is 13.2 Å². The first-order valence-electron chi connectivity index (χ1n) is 6.80. The highest BCUT2D eigenvalue weighted by Crippen LogP contribution is 2.33. The number of ether oxygens (including phenoxy) is 2. The van der Waals surface area contributed by atoms with Gasteiger partial charge in [0.2, 0.25) is 0 Å². The Bertz CT molecular complexity index is 450. The SMILES string of the molecule is CC1(C)OCC(c2cc(C(C)(C)C)ccc2S)CO1. The van der Waals surface area contributed by atoms with Gasteiger partial charge < -0.3 is 9.47 Å². The molecule has 0 spiro atoms. The van der Waals surface area contributed by atoms with Gasteiger partial charge in [-0.25, -0.2) is 0 Å². The van der Waals surface area contributed by atoms with E-state index in [4.69, 9.17) is 9.47 Å². The van der Waals surface area contributed by atoms with Crippen molar-refractivity contribution in [2.24, 2.45) is 0 Å². The maximum atomic E-state index is 5.76. The maximum Gasteiger partial charge on any atom is 0.162 e. The van der Waals surface area contributed by atoms with Crippen LogP contribution in [0.5, 0.6) is 0 Å². The Morgan fingerprint density at radius 2 is 1.74 bits per heavy atom. The molecule has 0 aromatic heterocycles. The van der Waals surface area contributed by atoms with Crippen LogP contribution in [0.25, 0.3) is 0 Å². The zero-order valence-corrected chi connectivity index (χ0v) is 13.4. The average Bonchev–Trinajstić information content (AvgIpc) is 2.29. The van der Waals surface area contributed by atoms with Crippen molar-refractivity contribution in [2.45, 2.75) is 56.6 Å². The third-order valence-electron chi connectivity index (χ3n) is 3.60. The summed E-state index contributed by atoms with van der Waals surface area (Å²) in [7, 11) is 0. The van der Waals surface area contributed by atoms with E-state index in [2.05, 4.69) is 51.6 Å². The molecule has 0 aliphatic carbocycles. The molecule has 0 amide bonds. The van der Waals surface area contributed by atoms with Crippen LogP contribution in [-0.4, -0.2) is 19.0 Å². The van der Waals surface area contributed by atoms with Gasteiger partial charge in [0, 0.05) is 10.8 Å². The molecule has 0 bridgehead atoms. The summed E-state index contributed by atoms with van der Waals surface area (Å²) in [5.74, 6) is -0.197. The fourth-order valence-electron chi connectivity index (χ4n) is 2.22. The molecule has 1 aliphatic heterocycles. The summed E-state index contributed by atoms with van der Waals surface area (Å²) >= 11 is 4.58. The first-order chi connectivity index (χ1) is 8.69. The van der Waals surface area contributed by atoms with E-state index in [1.165, 1.54) is 11.1 Å². The molecular formula is C16H24O2S. The average molecular weight is 280 g/mol. The van der Waals surface area contributed by atoms with E-state index in [-0.39, 0.29) is 11.3 Å². The molecule has 0 N–H and O–H groups in total. The highest BCUT2D eigenvalue weighted by atomic mass is 32.1. The minimum absolute atomic E-state index is 0.145. The molecule has 2 rings (SSSR count). The number of rotatable bonds is 1. The van der Waals surface area contributed by atoms with Gasteiger partial charge in [0.25, 0.3) is 0 Å². The van der Waals surface area contributed by atoms with E-state index in [0.29, 0.717) is 13.2 Å². The lowest BCUT2D eigenvalue weighted by atomic mass is 9.84. The molecule has 1 saturated heterocycles. The standard InChI is InChI=1S/C16H24O2S/c1-15(2,3)12-6-7-14(19)13(8-12)11-9-17-16(4,5)18-10-11/h6-8,11,19H,9-10H2,1-5H3. The highest BCUT2D eigenvalue weighted by Gasteiger charge is 2.30. The molecule has 1 aliphatic rings. The summed E-state index contributed by atoms with van der Waals surface area (Å²) in [5, 5.41) is 0. The Morgan fingerprint density at radius 3 is 2.26 bits per heavy atom. The summed E-state index contributed by atoms with van der Waals surface area (Å²) in [4.78, 5) is 1.02. The van der Waals surface area contributed by atoms with Crippen LogP contribution < -0.4 is 0 Å². The van der Waals surface area contributed by atoms with Gasteiger partial charge in [-0.1, -0.05) is 32.9 Å². The molecule has 106 valence electrons. The summed E-state index contributed by atoms with van der Waals surface area (Å²) < 4.78 is 11.5. The van der Waals surface area contributed by atoms with Gasteiger partial charge >= 0.3 is 0 Å². The van der Waals surface area contributed by atoms with Gasteiger partial charge in [0.15, 0.2) is 5.79 Å². The van der Waals surface area contributed by atoms with E-state index < -0.39 is 5.79 Å². The number of thiol groups is 1. The summed E-state index contributed by atoms with van der Waals surface area (Å²) in [6.45, 7) is 12.0. The highest BCUT2D eigenvalue weighted by molar-refractivity contribution is 7.80. The molecule has 3 heteroatoms. The largest absolute Gasteiger partial charge is 0.350 e. The Labute approximate surface area is 121 Å². The third-order valence-corrected chi connectivity index (χ3v) is 4.00. The smallest absolute Gasteiger partial charge is 0.162 e. The Hall–Kier alpha value is -0.510. The van der Waals surface area contributed by atoms with Crippen molar-refractivity contribution in [1.82, 2.24) is 0 Å². The van der Waals surface area contributed by atoms with Gasteiger partial charge in [-0.2, -0.15) is 0 Å². The lowest BCUT2D eigenvalue weighted by Crippen LogP contribution is -2.38. The Kier molecular flexibility index (Phi) is 4.01. The first kappa shape index (κ1) is 14.9. The van der Waals surface area contributed by atoms with Crippen LogP contribution in [0, 0.1) is 0 Å². The summed E-state index contributed by atoms with van der Waals surface area (Å²) in [6.07, 6.45) is 0. The molecule has 0 radical (unpaired) electrons. The predicted octanol–water partition coefficient (Wildman–Crippen LogP) is 4.14. The van der Waals surface area contributed by atoms with Crippen molar-refractivity contribution >= 4 is 12.6 Å². The van der Waals surface area contributed by atoms with Crippen LogP contribution in [0.2, 0.25) is 0 Å². The van der Waals surface area contributed by atoms with Crippen LogP contribution in [0.4, 0.5) is 0 Å². The van der Waals surface area contributed by atoms with Crippen LogP contribution in [0.1, 0.15) is 51.7 Å². The van der Waals surface area contributed by atoms with Crippen LogP contribution in [0.3, 0.4) is 0 Å². The predicted molar refractivity (Wildman–Crippen MR) is 81.1 cm³/mol. The minimum atomic E-state index is -0.463. The molecule has 0 atom stereocenters. The lowest BCUT2D eigenvalue weighted by Gasteiger charge is -2.36. The molecule has 0 unspecified atom stereocenters. The third kappa shape index (κ3) is 3.53. The van der Waals surface area contributed by atoms with E-state index in [9.17, 15) is 0 Å². The number of hydrogen-bond donors (Lipinski definition) is 1. The molecule has 1 aromatic carbocycles. The van der Waals surface area contributed by atoms with Crippen molar-refractivity contribution in [3.63, 3.8) is 0 Å². The van der Waals surface area contributed by atoms with Gasteiger partial charge in [-0.05, 0) is 36.5 Å². The second-order valence-corrected chi connectivity index (χ2v) is 7.22. The normalized spacial score (nSPS) is 20.5. The van der Waals surface area contributed by atoms with Gasteiger partial charge in [-0.15, -0.1) is 12.6 Å². The Morgan fingerprint density at radius 1 is 1.16 bits per heavy atom. The minimum Gasteiger partial charge on any atom is -0.350 e. The molecule has 19 heavy (non-hydrogen) atoms. The molecule has 2 nitrogen and oxygen atoms in total. The van der Waals surface area contributed by atoms with Gasteiger partial charge in [-0.3, -0.25) is 0 Å². The van der Waals surface area contributed by atoms with Gasteiger partial charge in [0.1, 0.15) is 0 Å². The monoisotopic (exact) mass is 280 g/mol. The van der Waals surface area contributed by atoms with E-state index in [0.717, 1.165) is 4.90 Å². The van der Waals surface area contributed by atoms with Crippen molar-refractivity contribution in [3.05, 3.63) is 29.3 Å². The van der Waals surface area contributed by atoms with Crippen LogP contribution in [-0.2, 0) is 14.9 Å². The molecule has 0 saturated carbocycles. The Balaban J connectivity index is 2.25. The van der Waals surface area contributed by atoms with E-state index in [1.54, 1.807) is 0 Å². The van der Waals surface area contributed by atoms with Crippen molar-refractivity contribution in [1.29, 1.82) is 0 Å².